The summed E-state index contributed by atoms with van der Waals surface area (Å²) in [6.45, 7) is 0. The fourth-order valence-corrected chi connectivity index (χ4v) is 12.3. The number of hydrogen-bond donors (Lipinski definition) is 0. The minimum absolute atomic E-state index is 0.00704. The summed E-state index contributed by atoms with van der Waals surface area (Å²) in [4.78, 5) is 15.4. The summed E-state index contributed by atoms with van der Waals surface area (Å²) in [5.41, 5.74) is 5.06. The predicted octanol–water partition coefficient (Wildman–Crippen LogP) is 19.4. The van der Waals surface area contributed by atoms with Gasteiger partial charge in [-0.1, -0.05) is 194 Å². The highest BCUT2D eigenvalue weighted by Gasteiger charge is 2.20. The van der Waals surface area contributed by atoms with Gasteiger partial charge in [0.15, 0.2) is 17.5 Å². The molecule has 4 aromatic heterocycles. The molecule has 0 saturated heterocycles. The van der Waals surface area contributed by atoms with Crippen molar-refractivity contribution in [3.8, 4) is 84.4 Å². The first kappa shape index (κ1) is 30.0. The van der Waals surface area contributed by atoms with E-state index in [1.807, 2.05) is 24.3 Å². The van der Waals surface area contributed by atoms with Gasteiger partial charge in [-0.25, -0.2) is 15.0 Å². The molecular formula is C69H42N4S2. The topological polar surface area (TPSA) is 43.6 Å². The molecule has 0 radical (unpaired) electrons. The lowest BCUT2D eigenvalue weighted by Gasteiger charge is -2.15. The molecule has 0 fully saturated rings. The lowest BCUT2D eigenvalue weighted by Crippen LogP contribution is -2.03. The summed E-state index contributed by atoms with van der Waals surface area (Å²) >= 11 is 3.49. The van der Waals surface area contributed by atoms with Crippen LogP contribution in [0, 0.1) is 0 Å². The summed E-state index contributed by atoms with van der Waals surface area (Å²) < 4.78 is 147. The molecule has 0 saturated carbocycles. The van der Waals surface area contributed by atoms with E-state index in [1.54, 1.807) is 71.2 Å². The Kier molecular flexibility index (Phi) is 7.09. The molecule has 6 heteroatoms. The zero-order valence-corrected chi connectivity index (χ0v) is 40.7. The number of nitrogens with zero attached hydrogens (tertiary/aromatic N) is 4. The molecule has 15 aromatic rings. The SMILES string of the molecule is [2H]c1cc([2H])c2c(c1[2H])c1c([2H])c([2H])c([2H])c([2H])c1n2-c1ccccc1-c1nc(-c2ccc(-c3c([2H])c([2H])c(-c4c([2H])c([2H])c([2H])c([2H])c4[2H])c([2H])c3[2H])cc2)nc(-c2cccc(-c3cccc4c3sc3ccc(-c5ccc6sc7ccccc7c6c5)cc34)c2)n1. The second-order valence-corrected chi connectivity index (χ2v) is 20.0. The maximum atomic E-state index is 9.29. The summed E-state index contributed by atoms with van der Waals surface area (Å²) in [6.07, 6.45) is 0. The van der Waals surface area contributed by atoms with Crippen LogP contribution in [0.15, 0.2) is 254 Å². The van der Waals surface area contributed by atoms with Crippen LogP contribution >= 0.6 is 22.7 Å². The largest absolute Gasteiger partial charge is 0.309 e. The number of aromatic nitrogens is 4. The average molecular weight is 1010 g/mol. The van der Waals surface area contributed by atoms with Crippen molar-refractivity contribution in [3.63, 3.8) is 0 Å². The van der Waals surface area contributed by atoms with E-state index in [9.17, 15) is 2.74 Å². The van der Waals surface area contributed by atoms with Crippen LogP contribution in [-0.2, 0) is 0 Å². The van der Waals surface area contributed by atoms with E-state index >= 15 is 0 Å². The third-order valence-corrected chi connectivity index (χ3v) is 15.9. The van der Waals surface area contributed by atoms with Gasteiger partial charge in [-0.2, -0.15) is 0 Å². The monoisotopic (exact) mass is 1010 g/mol. The Morgan fingerprint density at radius 1 is 0.307 bits per heavy atom. The zero-order chi connectivity index (χ0) is 63.3. The Labute approximate surface area is 463 Å². The van der Waals surface area contributed by atoms with Crippen molar-refractivity contribution in [1.82, 2.24) is 19.5 Å². The molecule has 0 aliphatic carbocycles. The normalized spacial score (nSPS) is 14.7. The van der Waals surface area contributed by atoms with Gasteiger partial charge in [0.2, 0.25) is 0 Å². The van der Waals surface area contributed by atoms with Crippen molar-refractivity contribution in [1.29, 1.82) is 0 Å². The van der Waals surface area contributed by atoms with Crippen molar-refractivity contribution in [2.45, 2.75) is 0 Å². The van der Waals surface area contributed by atoms with Gasteiger partial charge in [0.25, 0.3) is 0 Å². The van der Waals surface area contributed by atoms with Crippen molar-refractivity contribution in [2.24, 2.45) is 0 Å². The van der Waals surface area contributed by atoms with Crippen LogP contribution in [0.2, 0.25) is 0 Å². The van der Waals surface area contributed by atoms with E-state index < -0.39 is 89.7 Å². The number of benzene rings is 11. The van der Waals surface area contributed by atoms with Crippen molar-refractivity contribution in [3.05, 3.63) is 254 Å². The Hall–Kier alpha value is -9.33. The molecule has 15 rings (SSSR count). The number of para-hydroxylation sites is 3. The van der Waals surface area contributed by atoms with Crippen LogP contribution in [0.1, 0.15) is 21.9 Å². The lowest BCUT2D eigenvalue weighted by molar-refractivity contribution is 1.06. The van der Waals surface area contributed by atoms with Crippen LogP contribution in [0.5, 0.6) is 0 Å². The highest BCUT2D eigenvalue weighted by Crippen LogP contribution is 2.44. The van der Waals surface area contributed by atoms with Crippen LogP contribution in [0.4, 0.5) is 0 Å². The molecule has 0 atom stereocenters. The van der Waals surface area contributed by atoms with Gasteiger partial charge < -0.3 is 4.57 Å². The molecule has 0 N–H and O–H groups in total. The van der Waals surface area contributed by atoms with Gasteiger partial charge >= 0.3 is 0 Å². The summed E-state index contributed by atoms with van der Waals surface area (Å²) in [5, 5.41) is 4.67. The molecule has 4 nitrogen and oxygen atoms in total. The molecule has 75 heavy (non-hydrogen) atoms. The Morgan fingerprint density at radius 2 is 0.867 bits per heavy atom. The van der Waals surface area contributed by atoms with E-state index in [1.165, 1.54) is 30.8 Å². The van der Waals surface area contributed by atoms with Crippen LogP contribution in [0.3, 0.4) is 0 Å². The van der Waals surface area contributed by atoms with Gasteiger partial charge in [0.1, 0.15) is 0 Å². The summed E-state index contributed by atoms with van der Waals surface area (Å²) in [7, 11) is 0. The van der Waals surface area contributed by atoms with Crippen LogP contribution in [0.25, 0.3) is 147 Å². The zero-order valence-electron chi connectivity index (χ0n) is 55.1. The number of thiophene rings is 2. The van der Waals surface area contributed by atoms with E-state index in [2.05, 4.69) is 78.9 Å². The Bertz CT molecular complexity index is 5650. The molecule has 0 spiro atoms. The van der Waals surface area contributed by atoms with Gasteiger partial charge in [-0.15, -0.1) is 22.7 Å². The smallest absolute Gasteiger partial charge is 0.166 e. The van der Waals surface area contributed by atoms with Crippen molar-refractivity contribution < 1.29 is 21.9 Å². The second-order valence-electron chi connectivity index (χ2n) is 17.9. The minimum atomic E-state index is -0.680. The summed E-state index contributed by atoms with van der Waals surface area (Å²) in [6, 6.07) is 42.2. The summed E-state index contributed by atoms with van der Waals surface area (Å²) in [5.74, 6) is 0.478. The second kappa shape index (κ2) is 17.7. The number of hydrogen-bond acceptors (Lipinski definition) is 5. The molecule has 4 heterocycles. The quantitative estimate of drug-likeness (QED) is 0.152. The average Bonchev–Trinajstić information content (AvgIpc) is 1.64. The highest BCUT2D eigenvalue weighted by molar-refractivity contribution is 7.26. The van der Waals surface area contributed by atoms with E-state index in [-0.39, 0.29) is 68.5 Å². The lowest BCUT2D eigenvalue weighted by atomic mass is 9.98. The highest BCUT2D eigenvalue weighted by atomic mass is 32.1. The number of rotatable bonds is 8. The van der Waals surface area contributed by atoms with Crippen LogP contribution in [-0.4, -0.2) is 19.5 Å². The third kappa shape index (κ3) is 7.45. The van der Waals surface area contributed by atoms with Gasteiger partial charge in [0.05, 0.1) is 38.7 Å². The van der Waals surface area contributed by atoms with Crippen molar-refractivity contribution in [2.75, 3.05) is 0 Å². The van der Waals surface area contributed by atoms with Gasteiger partial charge in [-0.3, -0.25) is 0 Å². The first-order valence-corrected chi connectivity index (χ1v) is 25.6. The molecule has 0 bridgehead atoms. The molecule has 11 aromatic carbocycles. The fourth-order valence-electron chi connectivity index (χ4n) is 10.0. The Balaban J connectivity index is 0.892. The molecular weight excluding hydrogens is 949 g/mol. The van der Waals surface area contributed by atoms with Crippen molar-refractivity contribution >= 4 is 84.8 Å². The fraction of sp³-hybridized carbons (Fsp3) is 0. The van der Waals surface area contributed by atoms with E-state index in [0.717, 1.165) is 42.4 Å². The first-order valence-electron chi connectivity index (χ1n) is 31.9. The van der Waals surface area contributed by atoms with Gasteiger partial charge in [-0.05, 0) is 105 Å². The molecule has 0 amide bonds. The van der Waals surface area contributed by atoms with E-state index in [0.29, 0.717) is 22.4 Å². The first-order chi connectivity index (χ1) is 43.8. The molecule has 350 valence electrons. The molecule has 0 aliphatic rings. The minimum Gasteiger partial charge on any atom is -0.309 e. The van der Waals surface area contributed by atoms with Crippen LogP contribution < -0.4 is 0 Å². The maximum absolute atomic E-state index is 9.29. The molecule has 0 aliphatic heterocycles. The number of fused-ring (bicyclic) bond motifs is 9. The van der Waals surface area contributed by atoms with E-state index in [4.69, 9.17) is 34.1 Å². The molecule has 0 unspecified atom stereocenters. The standard InChI is InChI=1S/C69H42N4S2/c1-2-14-43(15-3-1)44-28-30-45(31-29-44)46-32-34-47(35-33-46)67-70-68(72-69(71-67)57-21-6-10-26-62(57)73-60-24-8-4-18-53(60)54-19-5-9-25-61(54)73)51-17-12-16-50(40-51)52-22-13-23-56-59-42-49(37-39-65(59)75-66(52)56)48-36-38-64-58(41-48)55-20-7-11-27-63(55)74-64/h1-42H/i1D,2D,3D,4D,5D,8D,14D,15D,18D,19D,24D,25D,28D,29D,30D,31D. The third-order valence-electron chi connectivity index (χ3n) is 13.5. The predicted molar refractivity (Wildman–Crippen MR) is 318 cm³/mol. The van der Waals surface area contributed by atoms with Gasteiger partial charge in [0, 0.05) is 67.8 Å². The Morgan fingerprint density at radius 3 is 1.69 bits per heavy atom. The maximum Gasteiger partial charge on any atom is 0.166 e.